The van der Waals surface area contributed by atoms with E-state index in [-0.39, 0.29) is 50.4 Å². The van der Waals surface area contributed by atoms with Gasteiger partial charge < -0.3 is 14.2 Å². The molecule has 0 saturated carbocycles. The van der Waals surface area contributed by atoms with E-state index in [0.717, 1.165) is 83.5 Å². The molecule has 6 heteroatoms. The maximum atomic E-state index is 12.7. The molecule has 0 radical (unpaired) electrons. The molecule has 320 valence electrons. The minimum absolute atomic E-state index is 0.140. The second kappa shape index (κ2) is 45.0. The van der Waals surface area contributed by atoms with Crippen molar-refractivity contribution in [2.75, 3.05) is 13.2 Å². The van der Waals surface area contributed by atoms with Gasteiger partial charge in [-0.15, -0.1) is 0 Å². The van der Waals surface area contributed by atoms with Gasteiger partial charge >= 0.3 is 17.9 Å². The lowest BCUT2D eigenvalue weighted by Crippen LogP contribution is -2.30. The summed E-state index contributed by atoms with van der Waals surface area (Å²) in [4.78, 5) is 37.7. The Balaban J connectivity index is 4.63. The Hall–Kier alpha value is -4.71. The summed E-state index contributed by atoms with van der Waals surface area (Å²) in [7, 11) is 0. The first-order valence-electron chi connectivity index (χ1n) is 21.9. The third kappa shape index (κ3) is 42.4. The van der Waals surface area contributed by atoms with Crippen LogP contribution < -0.4 is 0 Å². The van der Waals surface area contributed by atoms with Gasteiger partial charge in [0.15, 0.2) is 6.10 Å². The molecule has 0 heterocycles. The van der Waals surface area contributed by atoms with E-state index in [1.54, 1.807) is 0 Å². The van der Waals surface area contributed by atoms with Crippen LogP contribution in [0, 0.1) is 0 Å². The maximum absolute atomic E-state index is 12.7. The molecule has 0 aromatic carbocycles. The van der Waals surface area contributed by atoms with Crippen LogP contribution in [-0.2, 0) is 28.6 Å². The predicted octanol–water partition coefficient (Wildman–Crippen LogP) is 14.1. The highest BCUT2D eigenvalue weighted by atomic mass is 16.6. The van der Waals surface area contributed by atoms with Gasteiger partial charge in [-0.3, -0.25) is 14.4 Å². The topological polar surface area (TPSA) is 78.9 Å². The molecule has 6 nitrogen and oxygen atoms in total. The number of carbonyl (C=O) groups is 3. The van der Waals surface area contributed by atoms with E-state index in [4.69, 9.17) is 14.2 Å². The lowest BCUT2D eigenvalue weighted by molar-refractivity contribution is -0.167. The number of rotatable bonds is 36. The van der Waals surface area contributed by atoms with Gasteiger partial charge in [-0.2, -0.15) is 0 Å². The van der Waals surface area contributed by atoms with Crippen LogP contribution in [0.25, 0.3) is 0 Å². The quantitative estimate of drug-likeness (QED) is 0.0207. The van der Waals surface area contributed by atoms with Crippen molar-refractivity contribution in [3.05, 3.63) is 146 Å². The summed E-state index contributed by atoms with van der Waals surface area (Å²) in [6, 6.07) is 0. The van der Waals surface area contributed by atoms with Crippen molar-refractivity contribution in [3.8, 4) is 0 Å². The van der Waals surface area contributed by atoms with E-state index >= 15 is 0 Å². The standard InChI is InChI=1S/C52H76O6/c1-4-7-10-13-16-19-22-24-25-26-27-28-31-33-36-39-42-45-51(54)57-48-49(47-56-50(53)44-41-38-35-32-29-21-18-15-12-9-6-3)58-52(55)46-43-40-37-34-30-23-20-17-14-11-8-5-2/h7-13,16-22,24-28,30-32,34-35,49H,4-6,14-15,23,29,33,36-48H2,1-3H3/b10-7-,11-8-,12-9-,16-13-,20-17-,21-18-,22-19-,25-24-,27-26+,31-28-,34-30-,35-32-. The normalized spacial score (nSPS) is 13.5. The second-order valence-corrected chi connectivity index (χ2v) is 13.6. The number of allylic oxidation sites excluding steroid dienone is 24. The van der Waals surface area contributed by atoms with Crippen LogP contribution in [0.1, 0.15) is 143 Å². The van der Waals surface area contributed by atoms with Crippen molar-refractivity contribution >= 4 is 17.9 Å². The molecule has 0 amide bonds. The van der Waals surface area contributed by atoms with Gasteiger partial charge in [-0.05, 0) is 96.3 Å². The van der Waals surface area contributed by atoms with Crippen LogP contribution in [0.4, 0.5) is 0 Å². The number of ether oxygens (including phenoxy) is 3. The Kier molecular flexibility index (Phi) is 41.3. The average molecular weight is 797 g/mol. The Morgan fingerprint density at radius 2 is 0.724 bits per heavy atom. The Morgan fingerprint density at radius 3 is 1.24 bits per heavy atom. The van der Waals surface area contributed by atoms with Crippen molar-refractivity contribution in [2.45, 2.75) is 149 Å². The fraction of sp³-hybridized carbons (Fsp3) is 0.481. The highest BCUT2D eigenvalue weighted by Gasteiger charge is 2.19. The zero-order valence-corrected chi connectivity index (χ0v) is 36.2. The molecule has 0 aromatic heterocycles. The molecule has 0 bridgehead atoms. The SMILES string of the molecule is CC\C=C/C=C\C=C/C=C\C=C\C=C/CCCCCC(=O)OCC(COC(=O)CCC/C=C\C/C=C\C/C=C\CC)OC(=O)CCCC/C=C\C/C=C\C/C=C\CC. The molecule has 0 aliphatic heterocycles. The number of esters is 3. The fourth-order valence-corrected chi connectivity index (χ4v) is 5.04. The van der Waals surface area contributed by atoms with E-state index in [1.165, 1.54) is 0 Å². The van der Waals surface area contributed by atoms with Gasteiger partial charge in [0.05, 0.1) is 0 Å². The molecule has 0 aliphatic rings. The summed E-state index contributed by atoms with van der Waals surface area (Å²) in [5.41, 5.74) is 0. The first-order valence-corrected chi connectivity index (χ1v) is 21.9. The Morgan fingerprint density at radius 1 is 0.362 bits per heavy atom. The van der Waals surface area contributed by atoms with Crippen molar-refractivity contribution in [3.63, 3.8) is 0 Å². The smallest absolute Gasteiger partial charge is 0.306 e. The highest BCUT2D eigenvalue weighted by Crippen LogP contribution is 2.09. The summed E-state index contributed by atoms with van der Waals surface area (Å²) in [6.07, 6.45) is 64.1. The van der Waals surface area contributed by atoms with E-state index in [9.17, 15) is 14.4 Å². The van der Waals surface area contributed by atoms with Gasteiger partial charge in [0.2, 0.25) is 0 Å². The molecule has 58 heavy (non-hydrogen) atoms. The van der Waals surface area contributed by atoms with Crippen LogP contribution >= 0.6 is 0 Å². The molecule has 0 fully saturated rings. The van der Waals surface area contributed by atoms with Gasteiger partial charge in [0.25, 0.3) is 0 Å². The third-order valence-corrected chi connectivity index (χ3v) is 8.23. The number of hydrogen-bond acceptors (Lipinski definition) is 6. The summed E-state index contributed by atoms with van der Waals surface area (Å²) < 4.78 is 16.6. The van der Waals surface area contributed by atoms with Gasteiger partial charge in [0.1, 0.15) is 13.2 Å². The lowest BCUT2D eigenvalue weighted by Gasteiger charge is -2.18. The van der Waals surface area contributed by atoms with Crippen LogP contribution in [0.15, 0.2) is 146 Å². The lowest BCUT2D eigenvalue weighted by atomic mass is 10.1. The van der Waals surface area contributed by atoms with Crippen LogP contribution in [-0.4, -0.2) is 37.2 Å². The van der Waals surface area contributed by atoms with E-state index in [2.05, 4.69) is 106 Å². The van der Waals surface area contributed by atoms with E-state index in [1.807, 2.05) is 60.8 Å². The predicted molar refractivity (Wildman–Crippen MR) is 246 cm³/mol. The van der Waals surface area contributed by atoms with Crippen LogP contribution in [0.2, 0.25) is 0 Å². The molecule has 0 spiro atoms. The highest BCUT2D eigenvalue weighted by molar-refractivity contribution is 5.71. The summed E-state index contributed by atoms with van der Waals surface area (Å²) in [5, 5.41) is 0. The van der Waals surface area contributed by atoms with E-state index in [0.29, 0.717) is 19.3 Å². The molecule has 1 unspecified atom stereocenters. The number of carbonyl (C=O) groups excluding carboxylic acids is 3. The summed E-state index contributed by atoms with van der Waals surface area (Å²) >= 11 is 0. The fourth-order valence-electron chi connectivity index (χ4n) is 5.04. The number of unbranched alkanes of at least 4 members (excludes halogenated alkanes) is 6. The van der Waals surface area contributed by atoms with E-state index < -0.39 is 6.10 Å². The first kappa shape index (κ1) is 53.3. The molecule has 0 rings (SSSR count). The minimum Gasteiger partial charge on any atom is -0.462 e. The summed E-state index contributed by atoms with van der Waals surface area (Å²) in [5.74, 6) is -1.10. The number of hydrogen-bond donors (Lipinski definition) is 0. The molecular formula is C52H76O6. The minimum atomic E-state index is -0.841. The van der Waals surface area contributed by atoms with Crippen LogP contribution in [0.5, 0.6) is 0 Å². The zero-order chi connectivity index (χ0) is 42.3. The monoisotopic (exact) mass is 797 g/mol. The van der Waals surface area contributed by atoms with Crippen molar-refractivity contribution in [2.24, 2.45) is 0 Å². The van der Waals surface area contributed by atoms with Gasteiger partial charge in [-0.1, -0.05) is 173 Å². The zero-order valence-electron chi connectivity index (χ0n) is 36.2. The molecule has 0 N–H and O–H groups in total. The van der Waals surface area contributed by atoms with Gasteiger partial charge in [-0.25, -0.2) is 0 Å². The molecule has 0 saturated heterocycles. The third-order valence-electron chi connectivity index (χ3n) is 8.23. The largest absolute Gasteiger partial charge is 0.462 e. The van der Waals surface area contributed by atoms with Crippen LogP contribution in [0.3, 0.4) is 0 Å². The van der Waals surface area contributed by atoms with Crippen molar-refractivity contribution in [1.82, 2.24) is 0 Å². The van der Waals surface area contributed by atoms with Crippen molar-refractivity contribution < 1.29 is 28.6 Å². The maximum Gasteiger partial charge on any atom is 0.306 e. The molecule has 0 aromatic rings. The Labute approximate surface area is 353 Å². The molecular weight excluding hydrogens is 721 g/mol. The molecule has 1 atom stereocenters. The Bertz CT molecular complexity index is 1380. The summed E-state index contributed by atoms with van der Waals surface area (Å²) in [6.45, 7) is 6.08. The van der Waals surface area contributed by atoms with Gasteiger partial charge in [0, 0.05) is 19.3 Å². The van der Waals surface area contributed by atoms with Crippen molar-refractivity contribution in [1.29, 1.82) is 0 Å². The average Bonchev–Trinajstić information content (AvgIpc) is 3.22. The molecule has 0 aliphatic carbocycles. The second-order valence-electron chi connectivity index (χ2n) is 13.6. The first-order chi connectivity index (χ1) is 28.5.